The molecule has 0 saturated heterocycles. The van der Waals surface area contributed by atoms with Crippen LogP contribution in [0.25, 0.3) is 0 Å². The molecule has 0 aliphatic heterocycles. The Morgan fingerprint density at radius 2 is 2.24 bits per heavy atom. The summed E-state index contributed by atoms with van der Waals surface area (Å²) >= 11 is 0. The first kappa shape index (κ1) is 11.3. The highest BCUT2D eigenvalue weighted by Gasteiger charge is 2.11. The van der Waals surface area contributed by atoms with Crippen LogP contribution < -0.4 is 5.32 Å². The fraction of sp³-hybridized carbons (Fsp3) is 0.182. The monoisotopic (exact) mass is 234 g/mol. The Morgan fingerprint density at radius 1 is 1.47 bits per heavy atom. The van der Waals surface area contributed by atoms with Crippen molar-refractivity contribution in [1.82, 2.24) is 14.8 Å². The van der Waals surface area contributed by atoms with E-state index in [9.17, 15) is 9.18 Å². The van der Waals surface area contributed by atoms with E-state index in [2.05, 4.69) is 15.4 Å². The van der Waals surface area contributed by atoms with Gasteiger partial charge < -0.3 is 5.32 Å². The first-order chi connectivity index (χ1) is 8.06. The highest BCUT2D eigenvalue weighted by atomic mass is 19.1. The summed E-state index contributed by atoms with van der Waals surface area (Å²) in [6.45, 7) is 1.80. The van der Waals surface area contributed by atoms with Crippen LogP contribution in [0.15, 0.2) is 24.4 Å². The van der Waals surface area contributed by atoms with Gasteiger partial charge in [-0.05, 0) is 25.1 Å². The second-order valence-electron chi connectivity index (χ2n) is 3.62. The molecule has 6 heteroatoms. The van der Waals surface area contributed by atoms with Crippen LogP contribution in [0.3, 0.4) is 0 Å². The van der Waals surface area contributed by atoms with E-state index in [1.807, 2.05) is 0 Å². The van der Waals surface area contributed by atoms with Gasteiger partial charge in [-0.3, -0.25) is 9.48 Å². The Balaban J connectivity index is 2.17. The molecule has 88 valence electrons. The van der Waals surface area contributed by atoms with Crippen molar-refractivity contribution in [3.05, 3.63) is 41.7 Å². The Kier molecular flexibility index (Phi) is 2.86. The first-order valence-electron chi connectivity index (χ1n) is 5.00. The molecule has 2 aromatic heterocycles. The van der Waals surface area contributed by atoms with E-state index in [-0.39, 0.29) is 5.91 Å². The largest absolute Gasteiger partial charge is 0.319 e. The van der Waals surface area contributed by atoms with Crippen molar-refractivity contribution in [3.63, 3.8) is 0 Å². The molecule has 0 aliphatic rings. The minimum absolute atomic E-state index is 0.304. The van der Waals surface area contributed by atoms with Crippen LogP contribution in [0.5, 0.6) is 0 Å². The molecule has 17 heavy (non-hydrogen) atoms. The van der Waals surface area contributed by atoms with E-state index < -0.39 is 5.95 Å². The van der Waals surface area contributed by atoms with Gasteiger partial charge in [-0.1, -0.05) is 0 Å². The van der Waals surface area contributed by atoms with Crippen molar-refractivity contribution >= 4 is 11.6 Å². The van der Waals surface area contributed by atoms with Crippen LogP contribution in [0, 0.1) is 12.9 Å². The third-order valence-corrected chi connectivity index (χ3v) is 2.22. The summed E-state index contributed by atoms with van der Waals surface area (Å²) in [7, 11) is 1.69. The summed E-state index contributed by atoms with van der Waals surface area (Å²) < 4.78 is 14.1. The highest BCUT2D eigenvalue weighted by molar-refractivity contribution is 6.03. The standard InChI is InChI=1S/C11H11FN4O/c1-7-5-9(16(2)15-7)11(17)14-8-3-4-10(12)13-6-8/h3-6H,1-2H3,(H,14,17). The summed E-state index contributed by atoms with van der Waals surface area (Å²) in [5.74, 6) is -0.888. The number of halogens is 1. The minimum atomic E-state index is -0.584. The molecule has 1 amide bonds. The van der Waals surface area contributed by atoms with Gasteiger partial charge in [-0.25, -0.2) is 4.98 Å². The van der Waals surface area contributed by atoms with E-state index >= 15 is 0 Å². The molecule has 0 aromatic carbocycles. The predicted octanol–water partition coefficient (Wildman–Crippen LogP) is 1.51. The van der Waals surface area contributed by atoms with E-state index in [0.29, 0.717) is 11.4 Å². The van der Waals surface area contributed by atoms with Crippen LogP contribution in [0.1, 0.15) is 16.2 Å². The molecule has 0 aliphatic carbocycles. The maximum atomic E-state index is 12.6. The van der Waals surface area contributed by atoms with Gasteiger partial charge in [0, 0.05) is 7.05 Å². The van der Waals surface area contributed by atoms with Gasteiger partial charge in [-0.15, -0.1) is 0 Å². The van der Waals surface area contributed by atoms with Crippen molar-refractivity contribution in [2.24, 2.45) is 7.05 Å². The van der Waals surface area contributed by atoms with Gasteiger partial charge in [0.15, 0.2) is 0 Å². The molecule has 0 radical (unpaired) electrons. The summed E-state index contributed by atoms with van der Waals surface area (Å²) in [5, 5.41) is 6.68. The number of carbonyl (C=O) groups excluding carboxylic acids is 1. The summed E-state index contributed by atoms with van der Waals surface area (Å²) in [6.07, 6.45) is 1.26. The maximum Gasteiger partial charge on any atom is 0.273 e. The van der Waals surface area contributed by atoms with Crippen LogP contribution >= 0.6 is 0 Å². The van der Waals surface area contributed by atoms with Crippen molar-refractivity contribution in [3.8, 4) is 0 Å². The molecular formula is C11H11FN4O. The normalized spacial score (nSPS) is 10.3. The molecule has 0 fully saturated rings. The SMILES string of the molecule is Cc1cc(C(=O)Nc2ccc(F)nc2)n(C)n1. The fourth-order valence-corrected chi connectivity index (χ4v) is 1.47. The van der Waals surface area contributed by atoms with E-state index in [1.54, 1.807) is 20.0 Å². The Labute approximate surface area is 97.3 Å². The zero-order valence-corrected chi connectivity index (χ0v) is 9.44. The summed E-state index contributed by atoms with van der Waals surface area (Å²) in [4.78, 5) is 15.3. The highest BCUT2D eigenvalue weighted by Crippen LogP contribution is 2.09. The van der Waals surface area contributed by atoms with E-state index in [0.717, 1.165) is 5.69 Å². The average Bonchev–Trinajstić information content (AvgIpc) is 2.61. The number of amides is 1. The molecule has 2 aromatic rings. The smallest absolute Gasteiger partial charge is 0.273 e. The van der Waals surface area contributed by atoms with Gasteiger partial charge in [-0.2, -0.15) is 9.49 Å². The van der Waals surface area contributed by atoms with Crippen LogP contribution in [-0.4, -0.2) is 20.7 Å². The van der Waals surface area contributed by atoms with Crippen LogP contribution in [0.2, 0.25) is 0 Å². The van der Waals surface area contributed by atoms with Crippen molar-refractivity contribution in [2.75, 3.05) is 5.32 Å². The van der Waals surface area contributed by atoms with Gasteiger partial charge in [0.05, 0.1) is 17.6 Å². The number of hydrogen-bond acceptors (Lipinski definition) is 3. The number of hydrogen-bond donors (Lipinski definition) is 1. The average molecular weight is 234 g/mol. The Morgan fingerprint density at radius 3 is 2.76 bits per heavy atom. The molecule has 1 N–H and O–H groups in total. The fourth-order valence-electron chi connectivity index (χ4n) is 1.47. The lowest BCUT2D eigenvalue weighted by molar-refractivity contribution is 0.101. The van der Waals surface area contributed by atoms with Crippen molar-refractivity contribution < 1.29 is 9.18 Å². The second-order valence-corrected chi connectivity index (χ2v) is 3.62. The van der Waals surface area contributed by atoms with Gasteiger partial charge in [0.2, 0.25) is 5.95 Å². The summed E-state index contributed by atoms with van der Waals surface area (Å²) in [6, 6.07) is 4.31. The lowest BCUT2D eigenvalue weighted by Crippen LogP contribution is -2.16. The number of anilines is 1. The number of rotatable bonds is 2. The molecule has 0 bridgehead atoms. The molecular weight excluding hydrogens is 223 g/mol. The predicted molar refractivity (Wildman–Crippen MR) is 60.1 cm³/mol. The molecule has 2 heterocycles. The second kappa shape index (κ2) is 4.32. The topological polar surface area (TPSA) is 59.8 Å². The lowest BCUT2D eigenvalue weighted by atomic mass is 10.3. The van der Waals surface area contributed by atoms with Gasteiger partial charge >= 0.3 is 0 Å². The quantitative estimate of drug-likeness (QED) is 0.801. The molecule has 2 rings (SSSR count). The zero-order valence-electron chi connectivity index (χ0n) is 9.44. The minimum Gasteiger partial charge on any atom is -0.319 e. The molecule has 0 saturated carbocycles. The Hall–Kier alpha value is -2.24. The van der Waals surface area contributed by atoms with E-state index in [4.69, 9.17) is 0 Å². The van der Waals surface area contributed by atoms with E-state index in [1.165, 1.54) is 23.0 Å². The molecule has 0 spiro atoms. The third-order valence-electron chi connectivity index (χ3n) is 2.22. The van der Waals surface area contributed by atoms with Crippen molar-refractivity contribution in [2.45, 2.75) is 6.92 Å². The van der Waals surface area contributed by atoms with Gasteiger partial charge in [0.25, 0.3) is 5.91 Å². The number of pyridine rings is 1. The third kappa shape index (κ3) is 2.47. The molecule has 0 unspecified atom stereocenters. The first-order valence-corrected chi connectivity index (χ1v) is 5.00. The van der Waals surface area contributed by atoms with Gasteiger partial charge in [0.1, 0.15) is 5.69 Å². The summed E-state index contributed by atoms with van der Waals surface area (Å²) in [5.41, 5.74) is 1.64. The lowest BCUT2D eigenvalue weighted by Gasteiger charge is -2.04. The maximum absolute atomic E-state index is 12.6. The van der Waals surface area contributed by atoms with Crippen molar-refractivity contribution in [1.29, 1.82) is 0 Å². The molecule has 0 atom stereocenters. The Bertz CT molecular complexity index is 547. The van der Waals surface area contributed by atoms with Crippen LogP contribution in [-0.2, 0) is 7.05 Å². The number of nitrogens with zero attached hydrogens (tertiary/aromatic N) is 3. The number of nitrogens with one attached hydrogen (secondary N) is 1. The number of aryl methyl sites for hydroxylation is 2. The molecule has 5 nitrogen and oxygen atoms in total. The van der Waals surface area contributed by atoms with Crippen LogP contribution in [0.4, 0.5) is 10.1 Å². The number of carbonyl (C=O) groups is 1. The zero-order chi connectivity index (χ0) is 12.4. The number of aromatic nitrogens is 3.